The first-order valence-electron chi connectivity index (χ1n) is 8.24. The lowest BCUT2D eigenvalue weighted by Gasteiger charge is -2.14. The number of aromatic nitrogens is 4. The highest BCUT2D eigenvalue weighted by atomic mass is 79.9. The molecule has 0 radical (unpaired) electrons. The topological polar surface area (TPSA) is 64.7 Å². The van der Waals surface area contributed by atoms with E-state index in [1.807, 2.05) is 13.8 Å². The minimum absolute atomic E-state index is 0.210. The molecule has 0 aromatic carbocycles. The highest BCUT2D eigenvalue weighted by Crippen LogP contribution is 2.35. The van der Waals surface area contributed by atoms with Gasteiger partial charge in [0.15, 0.2) is 5.69 Å². The van der Waals surface area contributed by atoms with Crippen molar-refractivity contribution in [1.29, 1.82) is 0 Å². The van der Waals surface area contributed by atoms with E-state index in [1.54, 1.807) is 11.6 Å². The summed E-state index contributed by atoms with van der Waals surface area (Å²) < 4.78 is 42.1. The normalized spacial score (nSPS) is 13.1. The van der Waals surface area contributed by atoms with Crippen LogP contribution in [-0.4, -0.2) is 32.0 Å². The van der Waals surface area contributed by atoms with Crippen LogP contribution >= 0.6 is 27.5 Å². The van der Waals surface area contributed by atoms with Gasteiger partial charge >= 0.3 is 6.18 Å². The summed E-state index contributed by atoms with van der Waals surface area (Å²) in [6, 6.07) is -0.507. The minimum atomic E-state index is -4.59. The van der Waals surface area contributed by atoms with Crippen LogP contribution in [0.3, 0.4) is 0 Å². The zero-order chi connectivity index (χ0) is 20.5. The molecule has 2 heterocycles. The van der Waals surface area contributed by atoms with Gasteiger partial charge in [0.05, 0.1) is 26.6 Å². The zero-order valence-electron chi connectivity index (χ0n) is 15.3. The standard InChI is InChI=1S/C16H20BrClF3N5O/c1-8-12(17)9(2)26(23-8)11(4)15(27)22-6-5-7-25-10(3)13(18)14(24-25)16(19,20)21/h11H,5-7H2,1-4H3,(H,22,27). The van der Waals surface area contributed by atoms with Crippen LogP contribution in [0.4, 0.5) is 13.2 Å². The lowest BCUT2D eigenvalue weighted by Crippen LogP contribution is -2.33. The average Bonchev–Trinajstić information content (AvgIpc) is 3.02. The number of carbonyl (C=O) groups excluding carboxylic acids is 1. The fourth-order valence-electron chi connectivity index (χ4n) is 2.64. The van der Waals surface area contributed by atoms with E-state index >= 15 is 0 Å². The largest absolute Gasteiger partial charge is 0.436 e. The van der Waals surface area contributed by atoms with Crippen molar-refractivity contribution in [1.82, 2.24) is 24.9 Å². The molecule has 2 rings (SSSR count). The van der Waals surface area contributed by atoms with Crippen molar-refractivity contribution in [2.45, 2.75) is 52.9 Å². The van der Waals surface area contributed by atoms with Gasteiger partial charge in [-0.05, 0) is 50.0 Å². The summed E-state index contributed by atoms with van der Waals surface area (Å²) in [6.45, 7) is 7.41. The van der Waals surface area contributed by atoms with Crippen LogP contribution in [0.15, 0.2) is 4.47 Å². The van der Waals surface area contributed by atoms with Crippen LogP contribution in [0.2, 0.25) is 5.02 Å². The zero-order valence-corrected chi connectivity index (χ0v) is 17.6. The van der Waals surface area contributed by atoms with Gasteiger partial charge < -0.3 is 5.32 Å². The first-order valence-corrected chi connectivity index (χ1v) is 9.41. The van der Waals surface area contributed by atoms with Crippen molar-refractivity contribution in [2.75, 3.05) is 6.54 Å². The average molecular weight is 471 g/mol. The molecule has 0 fully saturated rings. The van der Waals surface area contributed by atoms with Gasteiger partial charge in [-0.3, -0.25) is 14.2 Å². The third-order valence-corrected chi connectivity index (χ3v) is 5.83. The van der Waals surface area contributed by atoms with Crippen LogP contribution in [0.1, 0.15) is 42.2 Å². The molecule has 150 valence electrons. The molecular weight excluding hydrogens is 451 g/mol. The molecule has 2 aromatic heterocycles. The van der Waals surface area contributed by atoms with E-state index in [2.05, 4.69) is 31.4 Å². The maximum absolute atomic E-state index is 12.8. The molecule has 0 saturated carbocycles. The highest BCUT2D eigenvalue weighted by Gasteiger charge is 2.38. The van der Waals surface area contributed by atoms with Crippen molar-refractivity contribution < 1.29 is 18.0 Å². The second-order valence-electron chi connectivity index (χ2n) is 6.22. The van der Waals surface area contributed by atoms with E-state index in [4.69, 9.17) is 11.6 Å². The van der Waals surface area contributed by atoms with E-state index in [0.29, 0.717) is 13.0 Å². The number of aryl methyl sites for hydroxylation is 2. The third-order valence-electron chi connectivity index (χ3n) is 4.23. The number of halogens is 5. The first kappa shape index (κ1) is 21.7. The molecule has 0 aliphatic carbocycles. The fourth-order valence-corrected chi connectivity index (χ4v) is 3.15. The highest BCUT2D eigenvalue weighted by molar-refractivity contribution is 9.10. The van der Waals surface area contributed by atoms with Crippen molar-refractivity contribution in [3.8, 4) is 0 Å². The van der Waals surface area contributed by atoms with Crippen LogP contribution < -0.4 is 5.32 Å². The van der Waals surface area contributed by atoms with Gasteiger partial charge in [0, 0.05) is 13.1 Å². The predicted molar refractivity (Wildman–Crippen MR) is 98.7 cm³/mol. The second kappa shape index (κ2) is 8.22. The van der Waals surface area contributed by atoms with Gasteiger partial charge in [-0.2, -0.15) is 23.4 Å². The number of hydrogen-bond acceptors (Lipinski definition) is 3. The molecule has 0 spiro atoms. The summed E-state index contributed by atoms with van der Waals surface area (Å²) >= 11 is 9.13. The van der Waals surface area contributed by atoms with E-state index < -0.39 is 22.9 Å². The van der Waals surface area contributed by atoms with E-state index in [9.17, 15) is 18.0 Å². The molecule has 0 aliphatic heterocycles. The number of rotatable bonds is 6. The number of carbonyl (C=O) groups is 1. The first-order chi connectivity index (χ1) is 12.4. The maximum atomic E-state index is 12.8. The number of nitrogens with one attached hydrogen (secondary N) is 1. The van der Waals surface area contributed by atoms with E-state index in [0.717, 1.165) is 15.9 Å². The Kier molecular flexibility index (Phi) is 6.62. The Morgan fingerprint density at radius 1 is 1.26 bits per heavy atom. The Morgan fingerprint density at radius 3 is 2.37 bits per heavy atom. The fraction of sp³-hybridized carbons (Fsp3) is 0.562. The van der Waals surface area contributed by atoms with E-state index in [1.165, 1.54) is 11.6 Å². The molecule has 0 aliphatic rings. The third kappa shape index (κ3) is 4.66. The summed E-state index contributed by atoms with van der Waals surface area (Å²) in [5.41, 5.74) is 0.792. The molecule has 6 nitrogen and oxygen atoms in total. The second-order valence-corrected chi connectivity index (χ2v) is 7.39. The summed E-state index contributed by atoms with van der Waals surface area (Å²) in [5, 5.41) is 10.2. The monoisotopic (exact) mass is 469 g/mol. The Bertz CT molecular complexity index is 846. The molecule has 1 N–H and O–H groups in total. The number of hydrogen-bond donors (Lipinski definition) is 1. The molecule has 27 heavy (non-hydrogen) atoms. The van der Waals surface area contributed by atoms with Crippen LogP contribution in [-0.2, 0) is 17.5 Å². The lowest BCUT2D eigenvalue weighted by atomic mass is 10.3. The number of amides is 1. The van der Waals surface area contributed by atoms with Gasteiger partial charge in [0.2, 0.25) is 5.91 Å². The summed E-state index contributed by atoms with van der Waals surface area (Å²) in [7, 11) is 0. The maximum Gasteiger partial charge on any atom is 0.436 e. The molecule has 0 saturated heterocycles. The predicted octanol–water partition coefficient (Wildman–Crippen LogP) is 4.21. The number of nitrogens with zero attached hydrogens (tertiary/aromatic N) is 4. The van der Waals surface area contributed by atoms with Gasteiger partial charge in [-0.1, -0.05) is 11.6 Å². The smallest absolute Gasteiger partial charge is 0.354 e. The van der Waals surface area contributed by atoms with Gasteiger partial charge in [0.25, 0.3) is 0 Å². The molecule has 1 unspecified atom stereocenters. The Morgan fingerprint density at radius 2 is 1.89 bits per heavy atom. The summed E-state index contributed by atoms with van der Waals surface area (Å²) in [6.07, 6.45) is -4.18. The summed E-state index contributed by atoms with van der Waals surface area (Å²) in [5.74, 6) is -0.223. The SMILES string of the molecule is Cc1nn(C(C)C(=O)NCCCn2nc(C(F)(F)F)c(Cl)c2C)c(C)c1Br. The van der Waals surface area contributed by atoms with Crippen molar-refractivity contribution in [2.24, 2.45) is 0 Å². The van der Waals surface area contributed by atoms with Gasteiger partial charge in [-0.15, -0.1) is 0 Å². The molecule has 1 atom stereocenters. The lowest BCUT2D eigenvalue weighted by molar-refractivity contribution is -0.141. The molecule has 0 bridgehead atoms. The quantitative estimate of drug-likeness (QED) is 0.643. The van der Waals surface area contributed by atoms with E-state index in [-0.39, 0.29) is 18.1 Å². The van der Waals surface area contributed by atoms with Gasteiger partial charge in [0.1, 0.15) is 6.04 Å². The van der Waals surface area contributed by atoms with Crippen LogP contribution in [0.25, 0.3) is 0 Å². The molecule has 11 heteroatoms. The molecular formula is C16H20BrClF3N5O. The summed E-state index contributed by atoms with van der Waals surface area (Å²) in [4.78, 5) is 12.3. The Balaban J connectivity index is 1.92. The number of alkyl halides is 3. The Hall–Kier alpha value is -1.55. The Labute approximate surface area is 168 Å². The van der Waals surface area contributed by atoms with Crippen LogP contribution in [0, 0.1) is 20.8 Å². The van der Waals surface area contributed by atoms with Crippen LogP contribution in [0.5, 0.6) is 0 Å². The van der Waals surface area contributed by atoms with Crippen molar-refractivity contribution in [3.63, 3.8) is 0 Å². The molecule has 1 amide bonds. The van der Waals surface area contributed by atoms with Crippen molar-refractivity contribution >= 4 is 33.4 Å². The van der Waals surface area contributed by atoms with Crippen molar-refractivity contribution in [3.05, 3.63) is 32.3 Å². The minimum Gasteiger partial charge on any atom is -0.354 e. The van der Waals surface area contributed by atoms with Gasteiger partial charge in [-0.25, -0.2) is 0 Å². The molecule has 2 aromatic rings.